The Morgan fingerprint density at radius 3 is 2.74 bits per heavy atom. The molecule has 2 fully saturated rings. The number of anilines is 1. The highest BCUT2D eigenvalue weighted by Crippen LogP contribution is 2.28. The van der Waals surface area contributed by atoms with Gasteiger partial charge in [-0.1, -0.05) is 12.8 Å². The topological polar surface area (TPSA) is 76.2 Å². The lowest BCUT2D eigenvalue weighted by Gasteiger charge is -2.19. The molecule has 0 amide bonds. The third kappa shape index (κ3) is 2.43. The summed E-state index contributed by atoms with van der Waals surface area (Å²) in [5.74, 6) is 2.41. The maximum Gasteiger partial charge on any atom is 0.373 e. The van der Waals surface area contributed by atoms with E-state index in [0.29, 0.717) is 5.69 Å². The molecule has 19 heavy (non-hydrogen) atoms. The molecule has 0 aromatic carbocycles. The van der Waals surface area contributed by atoms with E-state index in [4.69, 9.17) is 10.3 Å². The van der Waals surface area contributed by atoms with Crippen LogP contribution in [-0.4, -0.2) is 35.6 Å². The molecule has 2 heterocycles. The number of thioether (sulfide) groups is 1. The molecule has 6 nitrogen and oxygen atoms in total. The molecule has 1 aromatic heterocycles. The summed E-state index contributed by atoms with van der Waals surface area (Å²) >= 11 is 1.91. The maximum absolute atomic E-state index is 12.6. The molecule has 0 bridgehead atoms. The van der Waals surface area contributed by atoms with E-state index >= 15 is 0 Å². The summed E-state index contributed by atoms with van der Waals surface area (Å²) < 4.78 is 5.05. The molecule has 0 unspecified atom stereocenters. The second-order valence-electron chi connectivity index (χ2n) is 5.09. The highest BCUT2D eigenvalue weighted by molar-refractivity contribution is 7.99. The van der Waals surface area contributed by atoms with E-state index in [1.807, 2.05) is 16.8 Å². The number of carbonyl (C=O) groups is 1. The smallest absolute Gasteiger partial charge is 0.361 e. The van der Waals surface area contributed by atoms with Crippen molar-refractivity contribution in [3.63, 3.8) is 0 Å². The minimum Gasteiger partial charge on any atom is -0.361 e. The number of nitrogens with two attached hydrogens (primary N) is 1. The molecule has 2 N–H and O–H groups in total. The van der Waals surface area contributed by atoms with Gasteiger partial charge < -0.3 is 5.73 Å². The van der Waals surface area contributed by atoms with E-state index in [1.165, 1.54) is 0 Å². The lowest BCUT2D eigenvalue weighted by molar-refractivity contribution is -0.759. The van der Waals surface area contributed by atoms with E-state index < -0.39 is 0 Å². The predicted octanol–water partition coefficient (Wildman–Crippen LogP) is 0.602. The third-order valence-corrected chi connectivity index (χ3v) is 4.81. The zero-order chi connectivity index (χ0) is 13.2. The van der Waals surface area contributed by atoms with Crippen LogP contribution in [0.5, 0.6) is 0 Å². The number of nitrogen functional groups attached to an aromatic ring is 1. The maximum atomic E-state index is 12.6. The lowest BCUT2D eigenvalue weighted by Crippen LogP contribution is -2.64. The Kier molecular flexibility index (Phi) is 3.63. The fraction of sp³-hybridized carbons (Fsp3) is 0.750. The number of carbonyl (C=O) groups excluding carboxylic acids is 1. The first-order chi connectivity index (χ1) is 9.27. The van der Waals surface area contributed by atoms with E-state index in [2.05, 4.69) is 5.27 Å². The Morgan fingerprint density at radius 1 is 1.37 bits per heavy atom. The van der Waals surface area contributed by atoms with E-state index in [9.17, 15) is 4.79 Å². The molecule has 1 aromatic rings. The van der Waals surface area contributed by atoms with Crippen LogP contribution in [0.3, 0.4) is 0 Å². The van der Waals surface area contributed by atoms with E-state index in [1.54, 1.807) is 4.79 Å². The van der Waals surface area contributed by atoms with Gasteiger partial charge in [0, 0.05) is 17.4 Å². The standard InChI is InChI=1S/C12H18N4O2S/c13-12-10(11(17)9-3-1-2-4-9)16(14-18-12)15-5-7-19-8-6-15/h9H,1-8H2,(H-,13,14,17)/p+1. The highest BCUT2D eigenvalue weighted by Gasteiger charge is 2.39. The molecular weight excluding hydrogens is 264 g/mol. The monoisotopic (exact) mass is 283 g/mol. The van der Waals surface area contributed by atoms with Crippen LogP contribution >= 0.6 is 11.8 Å². The van der Waals surface area contributed by atoms with Gasteiger partial charge in [0.25, 0.3) is 0 Å². The first-order valence-electron chi connectivity index (χ1n) is 6.82. The van der Waals surface area contributed by atoms with Crippen LogP contribution in [0.4, 0.5) is 5.88 Å². The molecule has 1 aliphatic heterocycles. The molecule has 0 atom stereocenters. The number of rotatable bonds is 3. The number of ketones is 1. The zero-order valence-electron chi connectivity index (χ0n) is 10.9. The quantitative estimate of drug-likeness (QED) is 0.647. The van der Waals surface area contributed by atoms with Crippen LogP contribution in [0.25, 0.3) is 0 Å². The average molecular weight is 283 g/mol. The molecule has 2 aliphatic rings. The summed E-state index contributed by atoms with van der Waals surface area (Å²) in [7, 11) is 0. The van der Waals surface area contributed by atoms with Crippen LogP contribution in [0.2, 0.25) is 0 Å². The van der Waals surface area contributed by atoms with Gasteiger partial charge in [-0.25, -0.2) is 0 Å². The first-order valence-corrected chi connectivity index (χ1v) is 7.97. The van der Waals surface area contributed by atoms with E-state index in [0.717, 1.165) is 50.3 Å². The van der Waals surface area contributed by atoms with Gasteiger partial charge in [0.05, 0.1) is 17.9 Å². The van der Waals surface area contributed by atoms with Crippen molar-refractivity contribution in [1.82, 2.24) is 5.27 Å². The van der Waals surface area contributed by atoms with Crippen molar-refractivity contribution >= 4 is 23.4 Å². The Morgan fingerprint density at radius 2 is 2.05 bits per heavy atom. The van der Waals surface area contributed by atoms with Gasteiger partial charge in [0.15, 0.2) is 0 Å². The number of Topliss-reactive ketones (excluding diaryl/α,β-unsaturated/α-hetero) is 1. The van der Waals surface area contributed by atoms with Crippen molar-refractivity contribution in [3.05, 3.63) is 5.69 Å². The van der Waals surface area contributed by atoms with Gasteiger partial charge in [0.2, 0.25) is 11.1 Å². The molecule has 1 saturated heterocycles. The molecule has 1 saturated carbocycles. The number of nitrogens with zero attached hydrogens (tertiary/aromatic N) is 3. The molecular formula is C12H19N4O2S+. The van der Waals surface area contributed by atoms with E-state index in [-0.39, 0.29) is 17.6 Å². The molecule has 0 radical (unpaired) electrons. The molecule has 7 heteroatoms. The summed E-state index contributed by atoms with van der Waals surface area (Å²) in [4.78, 5) is 14.2. The van der Waals surface area contributed by atoms with Crippen molar-refractivity contribution in [2.75, 3.05) is 35.3 Å². The van der Waals surface area contributed by atoms with Crippen molar-refractivity contribution in [3.8, 4) is 0 Å². The average Bonchev–Trinajstić information content (AvgIpc) is 3.08. The first kappa shape index (κ1) is 12.8. The van der Waals surface area contributed by atoms with Crippen molar-refractivity contribution < 1.29 is 14.1 Å². The van der Waals surface area contributed by atoms with Crippen molar-refractivity contribution in [2.24, 2.45) is 5.92 Å². The normalized spacial score (nSPS) is 20.9. The van der Waals surface area contributed by atoms with Crippen LogP contribution in [-0.2, 0) is 0 Å². The number of hydrogen-bond acceptors (Lipinski definition) is 6. The largest absolute Gasteiger partial charge is 0.373 e. The van der Waals surface area contributed by atoms with Crippen molar-refractivity contribution in [1.29, 1.82) is 0 Å². The molecule has 1 aliphatic carbocycles. The van der Waals surface area contributed by atoms with Gasteiger partial charge in [-0.05, 0) is 12.8 Å². The predicted molar refractivity (Wildman–Crippen MR) is 72.7 cm³/mol. The highest BCUT2D eigenvalue weighted by atomic mass is 32.2. The van der Waals surface area contributed by atoms with Crippen LogP contribution in [0, 0.1) is 5.92 Å². The fourth-order valence-corrected chi connectivity index (χ4v) is 3.69. The number of hydrogen-bond donors (Lipinski definition) is 1. The van der Waals surface area contributed by atoms with Crippen molar-refractivity contribution in [2.45, 2.75) is 25.7 Å². The van der Waals surface area contributed by atoms with Crippen LogP contribution < -0.4 is 15.5 Å². The molecule has 0 spiro atoms. The Balaban J connectivity index is 1.86. The second kappa shape index (κ2) is 5.40. The van der Waals surface area contributed by atoms with Gasteiger partial charge in [-0.3, -0.25) is 9.32 Å². The zero-order valence-corrected chi connectivity index (χ0v) is 11.7. The number of aromatic nitrogens is 2. The minimum absolute atomic E-state index is 0.0899. The van der Waals surface area contributed by atoms with Crippen LogP contribution in [0.15, 0.2) is 4.52 Å². The Labute approximate surface area is 116 Å². The molecule has 104 valence electrons. The SMILES string of the molecule is Nc1on[n+](N2CCSCC2)c1C(=O)C1CCCC1. The fourth-order valence-electron chi connectivity index (χ4n) is 2.80. The van der Waals surface area contributed by atoms with Crippen LogP contribution in [0.1, 0.15) is 36.2 Å². The summed E-state index contributed by atoms with van der Waals surface area (Å²) in [6.45, 7) is 1.73. The summed E-state index contributed by atoms with van der Waals surface area (Å²) in [5, 5.41) is 5.98. The summed E-state index contributed by atoms with van der Waals surface area (Å²) in [5.41, 5.74) is 6.26. The third-order valence-electron chi connectivity index (χ3n) is 3.86. The minimum atomic E-state index is 0.0899. The van der Waals surface area contributed by atoms with Gasteiger partial charge in [-0.2, -0.15) is 16.8 Å². The van der Waals surface area contributed by atoms with Gasteiger partial charge in [-0.15, -0.1) is 0 Å². The Hall–Kier alpha value is -1.24. The molecule has 3 rings (SSSR count). The lowest BCUT2D eigenvalue weighted by atomic mass is 10.0. The van der Waals surface area contributed by atoms with Gasteiger partial charge >= 0.3 is 11.6 Å². The Bertz CT molecular complexity index is 464. The summed E-state index contributed by atoms with van der Waals surface area (Å²) in [6.07, 6.45) is 4.17. The van der Waals surface area contributed by atoms with Gasteiger partial charge in [0.1, 0.15) is 0 Å². The summed E-state index contributed by atoms with van der Waals surface area (Å²) in [6, 6.07) is 0. The second-order valence-corrected chi connectivity index (χ2v) is 6.31.